The molecule has 1 rings (SSSR count). The molecule has 16 heavy (non-hydrogen) atoms. The van der Waals surface area contributed by atoms with Gasteiger partial charge < -0.3 is 15.0 Å². The number of ether oxygens (including phenoxy) is 1. The Kier molecular flexibility index (Phi) is 4.59. The molecule has 0 aromatic carbocycles. The van der Waals surface area contributed by atoms with E-state index in [4.69, 9.17) is 4.74 Å². The van der Waals surface area contributed by atoms with Crippen molar-refractivity contribution in [3.8, 4) is 0 Å². The largest absolute Gasteiger partial charge is 0.379 e. The van der Waals surface area contributed by atoms with Crippen molar-refractivity contribution in [1.29, 1.82) is 0 Å². The van der Waals surface area contributed by atoms with Gasteiger partial charge in [-0.05, 0) is 39.5 Å². The first-order chi connectivity index (χ1) is 7.38. The lowest BCUT2D eigenvalue weighted by Crippen LogP contribution is -2.47. The fraction of sp³-hybridized carbons (Fsp3) is 0.917. The second-order valence-corrected chi connectivity index (χ2v) is 5.62. The highest BCUT2D eigenvalue weighted by atomic mass is 16.5. The molecule has 0 heterocycles. The van der Waals surface area contributed by atoms with Crippen LogP contribution in [0.15, 0.2) is 0 Å². The smallest absolute Gasteiger partial charge is 0.317 e. The van der Waals surface area contributed by atoms with Crippen LogP contribution in [-0.2, 0) is 4.74 Å². The zero-order valence-corrected chi connectivity index (χ0v) is 10.9. The molecule has 2 amide bonds. The molecule has 0 aromatic rings. The van der Waals surface area contributed by atoms with Crippen molar-refractivity contribution in [2.24, 2.45) is 5.92 Å². The van der Waals surface area contributed by atoms with Gasteiger partial charge >= 0.3 is 6.03 Å². The van der Waals surface area contributed by atoms with Crippen LogP contribution in [0.3, 0.4) is 0 Å². The summed E-state index contributed by atoms with van der Waals surface area (Å²) in [6.07, 6.45) is 2.61. The van der Waals surface area contributed by atoms with Gasteiger partial charge in [0.05, 0.1) is 6.61 Å². The number of urea groups is 1. The minimum atomic E-state index is -0.180. The lowest BCUT2D eigenvalue weighted by Gasteiger charge is -2.25. The Morgan fingerprint density at radius 3 is 2.56 bits per heavy atom. The van der Waals surface area contributed by atoms with Crippen LogP contribution in [0, 0.1) is 5.92 Å². The highest BCUT2D eigenvalue weighted by Gasteiger charge is 2.21. The molecule has 0 bridgehead atoms. The molecular weight excluding hydrogens is 204 g/mol. The van der Waals surface area contributed by atoms with Crippen LogP contribution in [0.25, 0.3) is 0 Å². The Bertz CT molecular complexity index is 232. The van der Waals surface area contributed by atoms with Crippen molar-refractivity contribution in [3.05, 3.63) is 0 Å². The van der Waals surface area contributed by atoms with Crippen molar-refractivity contribution in [3.63, 3.8) is 0 Å². The van der Waals surface area contributed by atoms with Crippen LogP contribution in [0.2, 0.25) is 0 Å². The maximum Gasteiger partial charge on any atom is 0.317 e. The van der Waals surface area contributed by atoms with Crippen molar-refractivity contribution < 1.29 is 9.53 Å². The van der Waals surface area contributed by atoms with Gasteiger partial charge in [-0.25, -0.2) is 4.79 Å². The first kappa shape index (κ1) is 13.3. The van der Waals surface area contributed by atoms with Gasteiger partial charge in [0.1, 0.15) is 0 Å². The van der Waals surface area contributed by atoms with Crippen LogP contribution >= 0.6 is 0 Å². The van der Waals surface area contributed by atoms with Gasteiger partial charge in [-0.1, -0.05) is 0 Å². The number of likely N-dealkylation sites (N-methyl/N-ethyl adjacent to an activating group) is 1. The molecule has 94 valence electrons. The number of hydrogen-bond acceptors (Lipinski definition) is 2. The molecule has 4 heteroatoms. The predicted octanol–water partition coefficient (Wildman–Crippen LogP) is 1.85. The number of rotatable bonds is 5. The lowest BCUT2D eigenvalue weighted by atomic mass is 10.1. The third-order valence-electron chi connectivity index (χ3n) is 2.45. The summed E-state index contributed by atoms with van der Waals surface area (Å²) in [6.45, 7) is 8.06. The predicted molar refractivity (Wildman–Crippen MR) is 64.5 cm³/mol. The second-order valence-electron chi connectivity index (χ2n) is 5.62. The van der Waals surface area contributed by atoms with E-state index in [9.17, 15) is 4.79 Å². The fourth-order valence-electron chi connectivity index (χ4n) is 1.25. The third kappa shape index (κ3) is 5.95. The lowest BCUT2D eigenvalue weighted by molar-refractivity contribution is 0.106. The standard InChI is InChI=1S/C12H24N2O2/c1-12(2,3)13-11(15)14(4)7-8-16-9-10-5-6-10/h10H,5-9H2,1-4H3,(H,13,15). The molecule has 1 aliphatic carbocycles. The monoisotopic (exact) mass is 228 g/mol. The molecule has 0 aromatic heterocycles. The molecule has 0 spiro atoms. The van der Waals surface area contributed by atoms with Gasteiger partial charge in [0, 0.05) is 25.7 Å². The van der Waals surface area contributed by atoms with Crippen LogP contribution in [-0.4, -0.2) is 43.3 Å². The van der Waals surface area contributed by atoms with E-state index < -0.39 is 0 Å². The van der Waals surface area contributed by atoms with Gasteiger partial charge in [0.25, 0.3) is 0 Å². The number of carbonyl (C=O) groups excluding carboxylic acids is 1. The average Bonchev–Trinajstić information content (AvgIpc) is 2.92. The molecule has 4 nitrogen and oxygen atoms in total. The van der Waals surface area contributed by atoms with E-state index in [0.29, 0.717) is 13.2 Å². The average molecular weight is 228 g/mol. The Morgan fingerprint density at radius 1 is 1.44 bits per heavy atom. The summed E-state index contributed by atoms with van der Waals surface area (Å²) in [5.74, 6) is 0.786. The van der Waals surface area contributed by atoms with E-state index in [1.807, 2.05) is 20.8 Å². The van der Waals surface area contributed by atoms with Crippen molar-refractivity contribution in [2.45, 2.75) is 39.2 Å². The van der Waals surface area contributed by atoms with E-state index >= 15 is 0 Å². The highest BCUT2D eigenvalue weighted by Crippen LogP contribution is 2.28. The van der Waals surface area contributed by atoms with E-state index in [0.717, 1.165) is 12.5 Å². The molecule has 0 aliphatic heterocycles. The summed E-state index contributed by atoms with van der Waals surface area (Å²) >= 11 is 0. The Labute approximate surface area is 98.3 Å². The van der Waals surface area contributed by atoms with E-state index in [1.165, 1.54) is 12.8 Å². The highest BCUT2D eigenvalue weighted by molar-refractivity contribution is 5.74. The molecule has 0 saturated heterocycles. The molecule has 1 N–H and O–H groups in total. The third-order valence-corrected chi connectivity index (χ3v) is 2.45. The molecule has 1 saturated carbocycles. The molecule has 1 fully saturated rings. The zero-order chi connectivity index (χ0) is 12.2. The fourth-order valence-corrected chi connectivity index (χ4v) is 1.25. The van der Waals surface area contributed by atoms with Gasteiger partial charge in [-0.15, -0.1) is 0 Å². The zero-order valence-electron chi connectivity index (χ0n) is 10.9. The van der Waals surface area contributed by atoms with Crippen molar-refractivity contribution >= 4 is 6.03 Å². The minimum absolute atomic E-state index is 0.0393. The topological polar surface area (TPSA) is 41.6 Å². The Balaban J connectivity index is 2.07. The van der Waals surface area contributed by atoms with E-state index in [1.54, 1.807) is 11.9 Å². The number of nitrogens with one attached hydrogen (secondary N) is 1. The van der Waals surface area contributed by atoms with Gasteiger partial charge in [0.15, 0.2) is 0 Å². The SMILES string of the molecule is CN(CCOCC1CC1)C(=O)NC(C)(C)C. The number of amides is 2. The summed E-state index contributed by atoms with van der Waals surface area (Å²) < 4.78 is 5.49. The number of hydrogen-bond donors (Lipinski definition) is 1. The quantitative estimate of drug-likeness (QED) is 0.730. The van der Waals surface area contributed by atoms with E-state index in [-0.39, 0.29) is 11.6 Å². The van der Waals surface area contributed by atoms with Gasteiger partial charge in [-0.3, -0.25) is 0 Å². The van der Waals surface area contributed by atoms with Crippen LogP contribution in [0.4, 0.5) is 4.79 Å². The summed E-state index contributed by atoms with van der Waals surface area (Å²) in [7, 11) is 1.79. The summed E-state index contributed by atoms with van der Waals surface area (Å²) in [5.41, 5.74) is -0.180. The van der Waals surface area contributed by atoms with Crippen LogP contribution in [0.5, 0.6) is 0 Å². The summed E-state index contributed by atoms with van der Waals surface area (Å²) in [5, 5.41) is 2.91. The molecule has 1 aliphatic rings. The number of carbonyl (C=O) groups is 1. The summed E-state index contributed by atoms with van der Waals surface area (Å²) in [4.78, 5) is 13.3. The first-order valence-electron chi connectivity index (χ1n) is 5.99. The van der Waals surface area contributed by atoms with Gasteiger partial charge in [0.2, 0.25) is 0 Å². The Morgan fingerprint density at radius 2 is 2.06 bits per heavy atom. The second kappa shape index (κ2) is 5.53. The van der Waals surface area contributed by atoms with Crippen molar-refractivity contribution in [1.82, 2.24) is 10.2 Å². The normalized spacial score (nSPS) is 16.0. The maximum atomic E-state index is 11.7. The van der Waals surface area contributed by atoms with E-state index in [2.05, 4.69) is 5.32 Å². The maximum absolute atomic E-state index is 11.7. The van der Waals surface area contributed by atoms with Crippen molar-refractivity contribution in [2.75, 3.05) is 26.8 Å². The Hall–Kier alpha value is -0.770. The van der Waals surface area contributed by atoms with Gasteiger partial charge in [-0.2, -0.15) is 0 Å². The first-order valence-corrected chi connectivity index (χ1v) is 5.99. The minimum Gasteiger partial charge on any atom is -0.379 e. The molecule has 0 atom stereocenters. The molecular formula is C12H24N2O2. The molecule has 0 unspecified atom stereocenters. The van der Waals surface area contributed by atoms with Crippen LogP contribution in [0.1, 0.15) is 33.6 Å². The molecule has 0 radical (unpaired) electrons. The van der Waals surface area contributed by atoms with Crippen LogP contribution < -0.4 is 5.32 Å². The number of nitrogens with zero attached hydrogens (tertiary/aromatic N) is 1. The summed E-state index contributed by atoms with van der Waals surface area (Å²) in [6, 6.07) is -0.0393.